The van der Waals surface area contributed by atoms with Gasteiger partial charge >= 0.3 is 0 Å². The Bertz CT molecular complexity index is 162. The summed E-state index contributed by atoms with van der Waals surface area (Å²) in [5.41, 5.74) is 0. The Kier molecular flexibility index (Phi) is 3.14. The molecule has 0 aliphatic rings. The summed E-state index contributed by atoms with van der Waals surface area (Å²) in [7, 11) is -1.22. The first-order valence-electron chi connectivity index (χ1n) is 2.93. The van der Waals surface area contributed by atoms with Gasteiger partial charge in [0.2, 0.25) is 0 Å². The second-order valence-electron chi connectivity index (χ2n) is 1.88. The zero-order chi connectivity index (χ0) is 7.49. The summed E-state index contributed by atoms with van der Waals surface area (Å²) < 4.78 is 21.7. The molecule has 3 nitrogen and oxygen atoms in total. The molecule has 0 aliphatic carbocycles. The highest BCUT2D eigenvalue weighted by Crippen LogP contribution is 1.95. The molecule has 0 aromatic rings. The summed E-state index contributed by atoms with van der Waals surface area (Å²) in [4.78, 5) is 0. The molecule has 0 aliphatic heterocycles. The number of rotatable bonds is 3. The zero-order valence-corrected chi connectivity index (χ0v) is 6.83. The minimum atomic E-state index is -2.86. The second kappa shape index (κ2) is 3.17. The van der Waals surface area contributed by atoms with Gasteiger partial charge < -0.3 is 5.32 Å². The Morgan fingerprint density at radius 1 is 1.56 bits per heavy atom. The summed E-state index contributed by atoms with van der Waals surface area (Å²) in [6.45, 7) is 3.28. The number of hydrogen-bond donors (Lipinski definition) is 1. The fourth-order valence-corrected chi connectivity index (χ4v) is 1.29. The van der Waals surface area contributed by atoms with E-state index in [0.717, 1.165) is 0 Å². The van der Waals surface area contributed by atoms with Crippen molar-refractivity contribution in [3.05, 3.63) is 0 Å². The molecule has 0 spiro atoms. The Morgan fingerprint density at radius 2 is 2.00 bits per heavy atom. The van der Waals surface area contributed by atoms with Gasteiger partial charge in [0.1, 0.15) is 5.37 Å². The monoisotopic (exact) mass is 151 g/mol. The highest BCUT2D eigenvalue weighted by Gasteiger charge is 2.14. The summed E-state index contributed by atoms with van der Waals surface area (Å²) in [6, 6.07) is 0. The van der Waals surface area contributed by atoms with Gasteiger partial charge in [-0.05, 0) is 14.0 Å². The minimum Gasteiger partial charge on any atom is -0.304 e. The molecule has 1 atom stereocenters. The Hall–Kier alpha value is -0.0900. The molecule has 0 fully saturated rings. The lowest BCUT2D eigenvalue weighted by molar-refractivity contribution is 0.574. The molecule has 0 heterocycles. The van der Waals surface area contributed by atoms with E-state index in [1.54, 1.807) is 20.9 Å². The molecule has 0 radical (unpaired) electrons. The van der Waals surface area contributed by atoms with Crippen molar-refractivity contribution in [2.75, 3.05) is 12.8 Å². The van der Waals surface area contributed by atoms with Crippen molar-refractivity contribution in [3.8, 4) is 0 Å². The lowest BCUT2D eigenvalue weighted by Crippen LogP contribution is -2.31. The van der Waals surface area contributed by atoms with Gasteiger partial charge in [-0.2, -0.15) is 0 Å². The molecule has 56 valence electrons. The van der Waals surface area contributed by atoms with Crippen LogP contribution in [0.3, 0.4) is 0 Å². The van der Waals surface area contributed by atoms with Gasteiger partial charge in [0.05, 0.1) is 0 Å². The van der Waals surface area contributed by atoms with Crippen molar-refractivity contribution in [1.29, 1.82) is 0 Å². The normalized spacial score (nSPS) is 15.4. The Balaban J connectivity index is 4.17. The van der Waals surface area contributed by atoms with Gasteiger partial charge in [0.25, 0.3) is 0 Å². The summed E-state index contributed by atoms with van der Waals surface area (Å²) in [5.74, 6) is 0.203. The molecule has 0 aromatic heterocycles. The lowest BCUT2D eigenvalue weighted by atomic mass is 10.8. The van der Waals surface area contributed by atoms with Crippen LogP contribution in [0.2, 0.25) is 0 Å². The van der Waals surface area contributed by atoms with E-state index in [9.17, 15) is 8.42 Å². The Labute approximate surface area is 56.4 Å². The predicted molar refractivity (Wildman–Crippen MR) is 38.0 cm³/mol. The van der Waals surface area contributed by atoms with E-state index in [-0.39, 0.29) is 5.75 Å². The highest BCUT2D eigenvalue weighted by atomic mass is 32.2. The molecular formula is C5H13NO2S. The van der Waals surface area contributed by atoms with E-state index >= 15 is 0 Å². The molecule has 0 saturated carbocycles. The molecule has 1 unspecified atom stereocenters. The maximum absolute atomic E-state index is 10.9. The third-order valence-electron chi connectivity index (χ3n) is 1.35. The molecule has 4 heteroatoms. The van der Waals surface area contributed by atoms with E-state index < -0.39 is 15.2 Å². The smallest absolute Gasteiger partial charge is 0.165 e. The van der Waals surface area contributed by atoms with E-state index in [2.05, 4.69) is 5.32 Å². The predicted octanol–water partition coefficient (Wildman–Crippen LogP) is -0.0135. The van der Waals surface area contributed by atoms with Crippen molar-refractivity contribution in [2.45, 2.75) is 19.2 Å². The van der Waals surface area contributed by atoms with Crippen LogP contribution in [0, 0.1) is 0 Å². The van der Waals surface area contributed by atoms with Crippen LogP contribution >= 0.6 is 0 Å². The van der Waals surface area contributed by atoms with Crippen LogP contribution < -0.4 is 5.32 Å². The van der Waals surface area contributed by atoms with E-state index in [0.29, 0.717) is 0 Å². The van der Waals surface area contributed by atoms with Gasteiger partial charge in [0.15, 0.2) is 9.84 Å². The average Bonchev–Trinajstić information content (AvgIpc) is 1.86. The van der Waals surface area contributed by atoms with E-state index in [1.165, 1.54) is 0 Å². The summed E-state index contributed by atoms with van der Waals surface area (Å²) >= 11 is 0. The first-order valence-corrected chi connectivity index (χ1v) is 4.65. The summed E-state index contributed by atoms with van der Waals surface area (Å²) in [5, 5.41) is 2.25. The number of hydrogen-bond acceptors (Lipinski definition) is 3. The fraction of sp³-hybridized carbons (Fsp3) is 1.00. The first kappa shape index (κ1) is 8.91. The van der Waals surface area contributed by atoms with Gasteiger partial charge in [0, 0.05) is 5.75 Å². The van der Waals surface area contributed by atoms with Gasteiger partial charge in [-0.1, -0.05) is 6.92 Å². The SMILES string of the molecule is CCS(=O)(=O)C(C)NC. The van der Waals surface area contributed by atoms with Crippen LogP contribution in [0.1, 0.15) is 13.8 Å². The standard InChI is InChI=1S/C5H13NO2S/c1-4-9(7,8)5(2)6-3/h5-6H,4H2,1-3H3. The van der Waals surface area contributed by atoms with Gasteiger partial charge in [-0.15, -0.1) is 0 Å². The van der Waals surface area contributed by atoms with Crippen LogP contribution in [-0.2, 0) is 9.84 Å². The van der Waals surface area contributed by atoms with E-state index in [1.807, 2.05) is 0 Å². The molecular weight excluding hydrogens is 138 g/mol. The topological polar surface area (TPSA) is 46.2 Å². The van der Waals surface area contributed by atoms with Gasteiger partial charge in [-0.25, -0.2) is 8.42 Å². The number of sulfone groups is 1. The highest BCUT2D eigenvalue weighted by molar-refractivity contribution is 7.91. The third kappa shape index (κ3) is 2.32. The maximum atomic E-state index is 10.9. The lowest BCUT2D eigenvalue weighted by Gasteiger charge is -2.08. The van der Waals surface area contributed by atoms with Crippen molar-refractivity contribution >= 4 is 9.84 Å². The van der Waals surface area contributed by atoms with Crippen molar-refractivity contribution in [1.82, 2.24) is 5.32 Å². The van der Waals surface area contributed by atoms with Gasteiger partial charge in [-0.3, -0.25) is 0 Å². The number of nitrogens with one attached hydrogen (secondary N) is 1. The molecule has 0 aromatic carbocycles. The van der Waals surface area contributed by atoms with E-state index in [4.69, 9.17) is 0 Å². The zero-order valence-electron chi connectivity index (χ0n) is 6.01. The molecule has 0 saturated heterocycles. The van der Waals surface area contributed by atoms with Crippen LogP contribution in [0.15, 0.2) is 0 Å². The van der Waals surface area contributed by atoms with Crippen LogP contribution in [0.5, 0.6) is 0 Å². The van der Waals surface area contributed by atoms with Crippen molar-refractivity contribution < 1.29 is 8.42 Å². The van der Waals surface area contributed by atoms with Crippen LogP contribution in [-0.4, -0.2) is 26.6 Å². The molecule has 1 N–H and O–H groups in total. The van der Waals surface area contributed by atoms with Crippen molar-refractivity contribution in [3.63, 3.8) is 0 Å². The fourth-order valence-electron chi connectivity index (χ4n) is 0.430. The minimum absolute atomic E-state index is 0.203. The Morgan fingerprint density at radius 3 is 2.11 bits per heavy atom. The third-order valence-corrected chi connectivity index (χ3v) is 3.47. The quantitative estimate of drug-likeness (QED) is 0.617. The summed E-state index contributed by atoms with van der Waals surface area (Å²) in [6.07, 6.45) is 0. The van der Waals surface area contributed by atoms with Crippen LogP contribution in [0.4, 0.5) is 0 Å². The van der Waals surface area contributed by atoms with Crippen molar-refractivity contribution in [2.24, 2.45) is 0 Å². The molecule has 0 bridgehead atoms. The second-order valence-corrected chi connectivity index (χ2v) is 4.49. The first-order chi connectivity index (χ1) is 4.04. The molecule has 0 amide bonds. The van der Waals surface area contributed by atoms with Crippen LogP contribution in [0.25, 0.3) is 0 Å². The molecule has 0 rings (SSSR count). The largest absolute Gasteiger partial charge is 0.304 e. The average molecular weight is 151 g/mol. The maximum Gasteiger partial charge on any atom is 0.165 e. The molecule has 9 heavy (non-hydrogen) atoms.